The van der Waals surface area contributed by atoms with Gasteiger partial charge in [-0.3, -0.25) is 9.78 Å². The van der Waals surface area contributed by atoms with E-state index in [1.54, 1.807) is 36.7 Å². The molecule has 0 unspecified atom stereocenters. The minimum atomic E-state index is -3.89. The average molecular weight is 490 g/mol. The van der Waals surface area contributed by atoms with E-state index in [9.17, 15) is 13.2 Å². The van der Waals surface area contributed by atoms with E-state index in [1.807, 2.05) is 44.2 Å². The minimum Gasteiger partial charge on any atom is -0.321 e. The number of nitrogens with one attached hydrogen (secondary N) is 1. The van der Waals surface area contributed by atoms with Gasteiger partial charge >= 0.3 is 0 Å². The molecule has 0 bridgehead atoms. The highest BCUT2D eigenvalue weighted by Crippen LogP contribution is 2.26. The van der Waals surface area contributed by atoms with Crippen molar-refractivity contribution in [2.45, 2.75) is 58.0 Å². The summed E-state index contributed by atoms with van der Waals surface area (Å²) in [6, 6.07) is 16.3. The molecule has 0 saturated heterocycles. The van der Waals surface area contributed by atoms with Gasteiger partial charge in [0.05, 0.1) is 10.4 Å². The number of pyridine rings is 2. The lowest BCUT2D eigenvalue weighted by atomic mass is 9.87. The van der Waals surface area contributed by atoms with Crippen molar-refractivity contribution in [2.75, 3.05) is 0 Å². The largest absolute Gasteiger partial charge is 0.321 e. The van der Waals surface area contributed by atoms with Crippen molar-refractivity contribution >= 4 is 20.9 Å². The predicted octanol–water partition coefficient (Wildman–Crippen LogP) is 5.23. The van der Waals surface area contributed by atoms with Crippen molar-refractivity contribution in [3.63, 3.8) is 0 Å². The van der Waals surface area contributed by atoms with Crippen molar-refractivity contribution in [2.24, 2.45) is 0 Å². The second-order valence-corrected chi connectivity index (χ2v) is 11.9. The van der Waals surface area contributed by atoms with Crippen molar-refractivity contribution in [1.82, 2.24) is 14.3 Å². The molecule has 0 aliphatic carbocycles. The number of hydrogen-bond donors (Lipinski definition) is 1. The molecular weight excluding hydrogens is 458 g/mol. The standard InChI is InChI=1S/C28H31N3O3S/c1-19-8-9-22-15-23(27(32)30-26(22)20(19)2)18-31(17-21-7-6-14-29-16-21)35(33,34)25-12-10-24(11-13-25)28(3,4)5/h6-16H,17-18H2,1-5H3,(H,30,32). The van der Waals surface area contributed by atoms with Gasteiger partial charge in [0.25, 0.3) is 5.56 Å². The second kappa shape index (κ2) is 9.40. The van der Waals surface area contributed by atoms with Crippen LogP contribution in [0.1, 0.15) is 48.6 Å². The van der Waals surface area contributed by atoms with Crippen LogP contribution in [0.2, 0.25) is 0 Å². The van der Waals surface area contributed by atoms with E-state index in [0.29, 0.717) is 5.56 Å². The van der Waals surface area contributed by atoms with Crippen molar-refractivity contribution in [3.05, 3.63) is 105 Å². The Morgan fingerprint density at radius 2 is 1.69 bits per heavy atom. The lowest BCUT2D eigenvalue weighted by molar-refractivity contribution is 0.399. The summed E-state index contributed by atoms with van der Waals surface area (Å²) in [4.78, 5) is 20.3. The lowest BCUT2D eigenvalue weighted by Gasteiger charge is -2.24. The summed E-state index contributed by atoms with van der Waals surface area (Å²) in [5, 5.41) is 0.871. The molecule has 0 aliphatic rings. The van der Waals surface area contributed by atoms with Gasteiger partial charge in [0, 0.05) is 31.0 Å². The highest BCUT2D eigenvalue weighted by atomic mass is 32.2. The Morgan fingerprint density at radius 1 is 0.971 bits per heavy atom. The fraction of sp³-hybridized carbons (Fsp3) is 0.286. The third-order valence-corrected chi connectivity index (χ3v) is 8.22. The summed E-state index contributed by atoms with van der Waals surface area (Å²) in [6.07, 6.45) is 3.29. The van der Waals surface area contributed by atoms with Crippen LogP contribution in [-0.4, -0.2) is 22.7 Å². The Kier molecular flexibility index (Phi) is 6.66. The lowest BCUT2D eigenvalue weighted by Crippen LogP contribution is -2.32. The van der Waals surface area contributed by atoms with Crippen LogP contribution in [0.4, 0.5) is 0 Å². The van der Waals surface area contributed by atoms with Gasteiger partial charge in [-0.2, -0.15) is 4.31 Å². The Hall–Kier alpha value is -3.29. The van der Waals surface area contributed by atoms with Crippen LogP contribution in [0.25, 0.3) is 10.9 Å². The zero-order valence-electron chi connectivity index (χ0n) is 20.8. The van der Waals surface area contributed by atoms with Gasteiger partial charge in [-0.1, -0.05) is 51.1 Å². The molecule has 0 amide bonds. The van der Waals surface area contributed by atoms with Crippen molar-refractivity contribution in [3.8, 4) is 0 Å². The zero-order valence-corrected chi connectivity index (χ0v) is 21.6. The fourth-order valence-electron chi connectivity index (χ4n) is 4.07. The molecule has 0 atom stereocenters. The normalized spacial score (nSPS) is 12.4. The van der Waals surface area contributed by atoms with E-state index in [0.717, 1.165) is 33.2 Å². The molecule has 2 heterocycles. The molecule has 2 aromatic heterocycles. The molecule has 35 heavy (non-hydrogen) atoms. The first kappa shape index (κ1) is 24.8. The molecule has 0 spiro atoms. The van der Waals surface area contributed by atoms with Gasteiger partial charge in [-0.05, 0) is 71.2 Å². The Balaban J connectivity index is 1.77. The first-order chi connectivity index (χ1) is 16.5. The van der Waals surface area contributed by atoms with E-state index in [1.165, 1.54) is 4.31 Å². The average Bonchev–Trinajstić information content (AvgIpc) is 2.82. The third-order valence-electron chi connectivity index (χ3n) is 6.41. The molecule has 0 fully saturated rings. The molecule has 0 radical (unpaired) electrons. The van der Waals surface area contributed by atoms with Crippen LogP contribution in [0.5, 0.6) is 0 Å². The minimum absolute atomic E-state index is 0.0591. The van der Waals surface area contributed by atoms with Gasteiger partial charge in [0.2, 0.25) is 10.0 Å². The highest BCUT2D eigenvalue weighted by Gasteiger charge is 2.27. The number of benzene rings is 2. The zero-order chi connectivity index (χ0) is 25.4. The van der Waals surface area contributed by atoms with Crippen LogP contribution in [-0.2, 0) is 28.5 Å². The number of sulfonamides is 1. The molecule has 4 aromatic rings. The van der Waals surface area contributed by atoms with E-state index >= 15 is 0 Å². The van der Waals surface area contributed by atoms with E-state index < -0.39 is 10.0 Å². The van der Waals surface area contributed by atoms with Crippen molar-refractivity contribution < 1.29 is 8.42 Å². The Bertz CT molecular complexity index is 1520. The molecule has 2 aromatic carbocycles. The summed E-state index contributed by atoms with van der Waals surface area (Å²) in [5.41, 5.74) is 4.66. The molecule has 0 saturated carbocycles. The topological polar surface area (TPSA) is 83.1 Å². The highest BCUT2D eigenvalue weighted by molar-refractivity contribution is 7.89. The number of hydrogen-bond acceptors (Lipinski definition) is 4. The first-order valence-corrected chi connectivity index (χ1v) is 13.0. The fourth-order valence-corrected chi connectivity index (χ4v) is 5.48. The van der Waals surface area contributed by atoms with Crippen LogP contribution in [0.15, 0.2) is 76.7 Å². The van der Waals surface area contributed by atoms with Gasteiger partial charge in [-0.15, -0.1) is 0 Å². The maximum absolute atomic E-state index is 13.8. The summed E-state index contributed by atoms with van der Waals surface area (Å²) in [6.45, 7) is 10.3. The Labute approximate surface area is 206 Å². The second-order valence-electron chi connectivity index (χ2n) is 10.0. The van der Waals surface area contributed by atoms with Crippen LogP contribution in [0, 0.1) is 13.8 Å². The third kappa shape index (κ3) is 5.21. The van der Waals surface area contributed by atoms with E-state index in [-0.39, 0.29) is 29.0 Å². The van der Waals surface area contributed by atoms with E-state index in [4.69, 9.17) is 0 Å². The molecule has 1 N–H and O–H groups in total. The molecular formula is C28H31N3O3S. The molecule has 4 rings (SSSR count). The van der Waals surface area contributed by atoms with Crippen molar-refractivity contribution in [1.29, 1.82) is 0 Å². The first-order valence-electron chi connectivity index (χ1n) is 11.6. The Morgan fingerprint density at radius 3 is 2.31 bits per heavy atom. The van der Waals surface area contributed by atoms with E-state index in [2.05, 4.69) is 30.7 Å². The summed E-state index contributed by atoms with van der Waals surface area (Å²) in [7, 11) is -3.89. The number of aromatic amines is 1. The maximum atomic E-state index is 13.8. The molecule has 182 valence electrons. The summed E-state index contributed by atoms with van der Waals surface area (Å²) in [5.74, 6) is 0. The smallest absolute Gasteiger partial charge is 0.252 e. The SMILES string of the molecule is Cc1ccc2cc(CN(Cc3cccnc3)S(=O)(=O)c3ccc(C(C)(C)C)cc3)c(=O)[nH]c2c1C. The maximum Gasteiger partial charge on any atom is 0.252 e. The van der Waals surface area contributed by atoms with Gasteiger partial charge in [-0.25, -0.2) is 8.42 Å². The number of aryl methyl sites for hydroxylation is 2. The molecule has 0 aliphatic heterocycles. The van der Waals surface area contributed by atoms with Crippen LogP contribution < -0.4 is 5.56 Å². The number of H-pyrrole nitrogens is 1. The number of fused-ring (bicyclic) bond motifs is 1. The van der Waals surface area contributed by atoms with Gasteiger partial charge in [0.1, 0.15) is 0 Å². The predicted molar refractivity (Wildman–Crippen MR) is 140 cm³/mol. The monoisotopic (exact) mass is 489 g/mol. The molecule has 7 heteroatoms. The number of aromatic nitrogens is 2. The molecule has 6 nitrogen and oxygen atoms in total. The number of nitrogens with zero attached hydrogens (tertiary/aromatic N) is 2. The quantitative estimate of drug-likeness (QED) is 0.402. The van der Waals surface area contributed by atoms with Gasteiger partial charge < -0.3 is 4.98 Å². The van der Waals surface area contributed by atoms with Crippen LogP contribution in [0.3, 0.4) is 0 Å². The summed E-state index contributed by atoms with van der Waals surface area (Å²) >= 11 is 0. The number of rotatable bonds is 6. The van der Waals surface area contributed by atoms with Gasteiger partial charge in [0.15, 0.2) is 0 Å². The summed E-state index contributed by atoms with van der Waals surface area (Å²) < 4.78 is 28.9. The van der Waals surface area contributed by atoms with Crippen LogP contribution >= 0.6 is 0 Å².